The second kappa shape index (κ2) is 14.6. The largest absolute Gasteiger partial charge is 0.310 e. The Bertz CT molecular complexity index is 1940. The predicted molar refractivity (Wildman–Crippen MR) is 236 cm³/mol. The zero-order valence-electron chi connectivity index (χ0n) is 34.8. The van der Waals surface area contributed by atoms with Gasteiger partial charge in [-0.25, -0.2) is 0 Å². The molecule has 0 fully saturated rings. The van der Waals surface area contributed by atoms with E-state index in [0.717, 1.165) is 22.7 Å². The Morgan fingerprint density at radius 1 is 0.259 bits per heavy atom. The van der Waals surface area contributed by atoms with Gasteiger partial charge in [-0.05, 0) is 128 Å². The van der Waals surface area contributed by atoms with Crippen LogP contribution in [0.15, 0.2) is 146 Å². The number of rotatable bonds is 7. The van der Waals surface area contributed by atoms with Crippen LogP contribution >= 0.6 is 0 Å². The second-order valence-corrected chi connectivity index (χ2v) is 19.0. The van der Waals surface area contributed by atoms with Crippen molar-refractivity contribution in [3.8, 4) is 11.1 Å². The Balaban J connectivity index is 1.40. The van der Waals surface area contributed by atoms with Gasteiger partial charge in [0.1, 0.15) is 0 Å². The summed E-state index contributed by atoms with van der Waals surface area (Å²) in [4.78, 5) is 4.79. The van der Waals surface area contributed by atoms with Crippen molar-refractivity contribution in [3.63, 3.8) is 0 Å². The standard InChI is InChI=1S/C52H60N2/c1-49(2,3)39-31-40(50(4,5)6)34-47(33-39)53(43-19-15-13-16-20-43)45-27-23-37(24-28-45)38-25-29-46(30-26-38)54(44-21-17-14-18-22-44)48-35-41(51(7,8)9)32-42(36-48)52(10,11)12/h13-36H,1-12H3. The lowest BCUT2D eigenvalue weighted by molar-refractivity contribution is 0.568. The Hall–Kier alpha value is -5.08. The molecule has 0 N–H and O–H groups in total. The topological polar surface area (TPSA) is 6.48 Å². The van der Waals surface area contributed by atoms with Gasteiger partial charge in [0, 0.05) is 34.1 Å². The molecule has 0 aromatic heterocycles. The highest BCUT2D eigenvalue weighted by Crippen LogP contribution is 2.42. The van der Waals surface area contributed by atoms with Crippen molar-refractivity contribution in [2.24, 2.45) is 0 Å². The van der Waals surface area contributed by atoms with Gasteiger partial charge in [-0.2, -0.15) is 0 Å². The van der Waals surface area contributed by atoms with Crippen molar-refractivity contribution in [1.82, 2.24) is 0 Å². The van der Waals surface area contributed by atoms with Gasteiger partial charge in [0.15, 0.2) is 0 Å². The summed E-state index contributed by atoms with van der Waals surface area (Å²) >= 11 is 0. The van der Waals surface area contributed by atoms with E-state index < -0.39 is 0 Å². The summed E-state index contributed by atoms with van der Waals surface area (Å²) in [6.07, 6.45) is 0. The monoisotopic (exact) mass is 712 g/mol. The van der Waals surface area contributed by atoms with Crippen LogP contribution in [0, 0.1) is 0 Å². The zero-order chi connectivity index (χ0) is 39.1. The Morgan fingerprint density at radius 3 is 0.741 bits per heavy atom. The quantitative estimate of drug-likeness (QED) is 0.163. The highest BCUT2D eigenvalue weighted by atomic mass is 15.1. The van der Waals surface area contributed by atoms with Crippen LogP contribution < -0.4 is 9.80 Å². The van der Waals surface area contributed by atoms with Crippen molar-refractivity contribution >= 4 is 34.1 Å². The molecule has 0 saturated carbocycles. The lowest BCUT2D eigenvalue weighted by atomic mass is 9.80. The lowest BCUT2D eigenvalue weighted by Gasteiger charge is -2.31. The zero-order valence-corrected chi connectivity index (χ0v) is 34.8. The molecule has 0 atom stereocenters. The van der Waals surface area contributed by atoms with Crippen molar-refractivity contribution < 1.29 is 0 Å². The molecule has 6 rings (SSSR count). The van der Waals surface area contributed by atoms with Crippen molar-refractivity contribution in [2.75, 3.05) is 9.80 Å². The molecule has 0 aliphatic carbocycles. The molecule has 0 heterocycles. The van der Waals surface area contributed by atoms with Gasteiger partial charge in [0.05, 0.1) is 0 Å². The van der Waals surface area contributed by atoms with Gasteiger partial charge in [-0.15, -0.1) is 0 Å². The number of benzene rings is 6. The summed E-state index contributed by atoms with van der Waals surface area (Å²) < 4.78 is 0. The molecule has 0 aliphatic heterocycles. The van der Waals surface area contributed by atoms with E-state index in [1.807, 2.05) is 0 Å². The Morgan fingerprint density at radius 2 is 0.500 bits per heavy atom. The van der Waals surface area contributed by atoms with E-state index in [1.54, 1.807) is 0 Å². The molecule has 2 nitrogen and oxygen atoms in total. The van der Waals surface area contributed by atoms with Crippen LogP contribution in [0.25, 0.3) is 11.1 Å². The van der Waals surface area contributed by atoms with E-state index in [4.69, 9.17) is 0 Å². The van der Waals surface area contributed by atoms with Crippen molar-refractivity contribution in [1.29, 1.82) is 0 Å². The van der Waals surface area contributed by atoms with Crippen molar-refractivity contribution in [3.05, 3.63) is 168 Å². The lowest BCUT2D eigenvalue weighted by Crippen LogP contribution is -2.19. The van der Waals surface area contributed by atoms with E-state index in [0.29, 0.717) is 0 Å². The first kappa shape index (κ1) is 38.6. The Labute approximate surface area is 326 Å². The molecule has 2 heteroatoms. The van der Waals surface area contributed by atoms with Crippen LogP contribution in [0.3, 0.4) is 0 Å². The fourth-order valence-electron chi connectivity index (χ4n) is 6.87. The predicted octanol–water partition coefficient (Wildman–Crippen LogP) is 15.5. The summed E-state index contributed by atoms with van der Waals surface area (Å²) in [6, 6.07) is 53.8. The van der Waals surface area contributed by atoms with Gasteiger partial charge < -0.3 is 9.80 Å². The minimum Gasteiger partial charge on any atom is -0.310 e. The summed E-state index contributed by atoms with van der Waals surface area (Å²) in [5.41, 5.74) is 14.8. The van der Waals surface area contributed by atoms with E-state index in [2.05, 4.69) is 238 Å². The average Bonchev–Trinajstić information content (AvgIpc) is 3.12. The maximum atomic E-state index is 2.40. The third kappa shape index (κ3) is 8.65. The number of hydrogen-bond acceptors (Lipinski definition) is 2. The molecule has 0 bridgehead atoms. The summed E-state index contributed by atoms with van der Waals surface area (Å²) in [5, 5.41) is 0. The van der Waals surface area contributed by atoms with Gasteiger partial charge >= 0.3 is 0 Å². The van der Waals surface area contributed by atoms with Crippen LogP contribution in [0.1, 0.15) is 105 Å². The van der Waals surface area contributed by atoms with Gasteiger partial charge in [-0.1, -0.05) is 156 Å². The first-order valence-electron chi connectivity index (χ1n) is 19.5. The van der Waals surface area contributed by atoms with Gasteiger partial charge in [0.2, 0.25) is 0 Å². The third-order valence-electron chi connectivity index (χ3n) is 10.4. The minimum atomic E-state index is 0.0226. The summed E-state index contributed by atoms with van der Waals surface area (Å²) in [6.45, 7) is 27.6. The van der Waals surface area contributed by atoms with Gasteiger partial charge in [0.25, 0.3) is 0 Å². The van der Waals surface area contributed by atoms with Crippen LogP contribution in [-0.4, -0.2) is 0 Å². The number of anilines is 6. The maximum Gasteiger partial charge on any atom is 0.0467 e. The van der Waals surface area contributed by atoms with E-state index >= 15 is 0 Å². The van der Waals surface area contributed by atoms with E-state index in [-0.39, 0.29) is 21.7 Å². The third-order valence-corrected chi connectivity index (χ3v) is 10.4. The highest BCUT2D eigenvalue weighted by molar-refractivity contribution is 5.81. The van der Waals surface area contributed by atoms with E-state index in [1.165, 1.54) is 44.8 Å². The van der Waals surface area contributed by atoms with E-state index in [9.17, 15) is 0 Å². The first-order chi connectivity index (χ1) is 25.3. The molecule has 0 amide bonds. The Kier molecular flexibility index (Phi) is 10.5. The summed E-state index contributed by atoms with van der Waals surface area (Å²) in [5.74, 6) is 0. The summed E-state index contributed by atoms with van der Waals surface area (Å²) in [7, 11) is 0. The molecule has 0 spiro atoms. The smallest absolute Gasteiger partial charge is 0.0467 e. The normalized spacial score (nSPS) is 12.4. The number of para-hydroxylation sites is 2. The van der Waals surface area contributed by atoms with Crippen LogP contribution in [0.2, 0.25) is 0 Å². The van der Waals surface area contributed by atoms with Crippen LogP contribution in [-0.2, 0) is 21.7 Å². The number of nitrogens with zero attached hydrogens (tertiary/aromatic N) is 2. The molecule has 0 radical (unpaired) electrons. The fourth-order valence-corrected chi connectivity index (χ4v) is 6.87. The molecule has 278 valence electrons. The fraction of sp³-hybridized carbons (Fsp3) is 0.308. The van der Waals surface area contributed by atoms with Crippen molar-refractivity contribution in [2.45, 2.75) is 105 Å². The average molecular weight is 713 g/mol. The number of hydrogen-bond donors (Lipinski definition) is 0. The second-order valence-electron chi connectivity index (χ2n) is 19.0. The first-order valence-corrected chi connectivity index (χ1v) is 19.5. The SMILES string of the molecule is CC(C)(C)c1cc(N(c2ccccc2)c2ccc(-c3ccc(N(c4ccccc4)c4cc(C(C)(C)C)cc(C(C)(C)C)c4)cc3)cc2)cc(C(C)(C)C)c1. The van der Waals surface area contributed by atoms with Crippen LogP contribution in [0.5, 0.6) is 0 Å². The molecule has 6 aromatic carbocycles. The highest BCUT2D eigenvalue weighted by Gasteiger charge is 2.25. The molecular formula is C52H60N2. The maximum absolute atomic E-state index is 2.40. The molecule has 0 aliphatic rings. The molecule has 6 aromatic rings. The molecule has 0 unspecified atom stereocenters. The molecule has 54 heavy (non-hydrogen) atoms. The minimum absolute atomic E-state index is 0.0226. The molecule has 0 saturated heterocycles. The molecular weight excluding hydrogens is 653 g/mol. The van der Waals surface area contributed by atoms with Crippen LogP contribution in [0.4, 0.5) is 34.1 Å². The van der Waals surface area contributed by atoms with Gasteiger partial charge in [-0.3, -0.25) is 0 Å².